The first kappa shape index (κ1) is 27.0. The molecule has 2 aromatic rings. The van der Waals surface area contributed by atoms with Crippen LogP contribution in [0.1, 0.15) is 20.7 Å². The summed E-state index contributed by atoms with van der Waals surface area (Å²) in [6, 6.07) is -0.875. The van der Waals surface area contributed by atoms with E-state index in [1.165, 1.54) is 23.0 Å². The van der Waals surface area contributed by atoms with Crippen molar-refractivity contribution in [2.45, 2.75) is 35.7 Å². The van der Waals surface area contributed by atoms with E-state index in [0.717, 1.165) is 30.2 Å². The first-order valence-corrected chi connectivity index (χ1v) is 13.6. The van der Waals surface area contributed by atoms with E-state index in [0.29, 0.717) is 46.1 Å². The Labute approximate surface area is 246 Å². The Balaban J connectivity index is 0.00000176. The summed E-state index contributed by atoms with van der Waals surface area (Å²) < 4.78 is 0. The zero-order valence-corrected chi connectivity index (χ0v) is 23.8. The largest absolute Gasteiger partial charge is 1.00 e. The number of nitrogens with zero attached hydrogens (tertiary/aromatic N) is 3. The van der Waals surface area contributed by atoms with Crippen molar-refractivity contribution in [2.24, 2.45) is 5.92 Å². The molecule has 2 aromatic heterocycles. The number of fused-ring (bicyclic) bond motifs is 2. The van der Waals surface area contributed by atoms with Crippen molar-refractivity contribution in [3.05, 3.63) is 39.2 Å². The first-order chi connectivity index (χ1) is 17.8. The Kier molecular flexibility index (Phi) is 7.48. The van der Waals surface area contributed by atoms with Crippen molar-refractivity contribution in [3.63, 3.8) is 0 Å². The van der Waals surface area contributed by atoms with Crippen molar-refractivity contribution in [1.82, 2.24) is 35.5 Å². The molecule has 0 unspecified atom stereocenters. The second-order valence-electron chi connectivity index (χ2n) is 9.02. The number of aliphatic carboxylic acids is 1. The Morgan fingerprint density at radius 2 is 2.08 bits per heavy atom. The van der Waals surface area contributed by atoms with Crippen LogP contribution in [0.3, 0.4) is 0 Å². The van der Waals surface area contributed by atoms with Gasteiger partial charge in [0.1, 0.15) is 27.7 Å². The number of rotatable bonds is 7. The van der Waals surface area contributed by atoms with Gasteiger partial charge in [-0.05, 0) is 36.3 Å². The molecular formula is C22H22N7NaO6S2. The summed E-state index contributed by atoms with van der Waals surface area (Å²) in [5.41, 5.74) is 2.04. The quantitative estimate of drug-likeness (QED) is 0.0750. The smallest absolute Gasteiger partial charge is 1.00 e. The van der Waals surface area contributed by atoms with Gasteiger partial charge in [-0.15, -0.1) is 11.8 Å². The third-order valence-corrected chi connectivity index (χ3v) is 8.93. The maximum absolute atomic E-state index is 13.1. The summed E-state index contributed by atoms with van der Waals surface area (Å²) in [6.07, 6.45) is 3.70. The van der Waals surface area contributed by atoms with Crippen LogP contribution in [0.2, 0.25) is 0 Å². The van der Waals surface area contributed by atoms with Crippen molar-refractivity contribution >= 4 is 58.4 Å². The molecule has 0 bridgehead atoms. The van der Waals surface area contributed by atoms with Gasteiger partial charge in [-0.25, -0.2) is 14.6 Å². The number of carbonyl (C=O) groups is 4. The molecule has 38 heavy (non-hydrogen) atoms. The SMILES string of the molecule is O=C(CSc1nc(=O)[nH]c2nc[nH]c12)N[C@@H]1C(=O)N2C(C(=O)O)=C(C(=C3CCNC3=O)C3CC3)CS[C@H]12.[H-].[Na+]. The molecule has 1 aliphatic carbocycles. The standard InChI is InChI=1S/C22H21N7O6S2.Na.H/c30-11(6-36-18-13-16(25-7-24-13)27-22(35)28-18)26-14-19(32)29-15(21(33)34)10(5-37-20(14)29)12(8-1-2-8)9-3-4-23-17(9)31;;/h7-8,14,20H,1-6H2,(H,23,31)(H,26,30)(H,33,34)(H2,24,25,27,28,35);;/q;+1;-1/t14-,20-;;/m1../s1. The van der Waals surface area contributed by atoms with Crippen molar-refractivity contribution in [1.29, 1.82) is 0 Å². The number of aromatic nitrogens is 4. The minimum atomic E-state index is -1.23. The molecular weight excluding hydrogens is 545 g/mol. The molecule has 4 aliphatic rings. The first-order valence-electron chi connectivity index (χ1n) is 11.6. The van der Waals surface area contributed by atoms with E-state index in [9.17, 15) is 29.1 Å². The van der Waals surface area contributed by atoms with E-state index in [-0.39, 0.29) is 54.3 Å². The zero-order valence-electron chi connectivity index (χ0n) is 21.2. The van der Waals surface area contributed by atoms with E-state index in [2.05, 4.69) is 30.6 Å². The summed E-state index contributed by atoms with van der Waals surface area (Å²) >= 11 is 2.40. The molecule has 1 saturated carbocycles. The van der Waals surface area contributed by atoms with Gasteiger partial charge < -0.3 is 22.2 Å². The van der Waals surface area contributed by atoms with Gasteiger partial charge in [-0.2, -0.15) is 4.98 Å². The van der Waals surface area contributed by atoms with E-state index >= 15 is 0 Å². The molecule has 5 N–H and O–H groups in total. The monoisotopic (exact) mass is 567 g/mol. The molecule has 2 saturated heterocycles. The van der Waals surface area contributed by atoms with Gasteiger partial charge in [0.15, 0.2) is 5.65 Å². The zero-order chi connectivity index (χ0) is 25.8. The number of amides is 3. The number of carbonyl (C=O) groups excluding carboxylic acids is 3. The topological polar surface area (TPSA) is 190 Å². The number of carboxylic acid groups (broad SMARTS) is 1. The molecule has 0 aromatic carbocycles. The van der Waals surface area contributed by atoms with Gasteiger partial charge in [0, 0.05) is 17.9 Å². The summed E-state index contributed by atoms with van der Waals surface area (Å²) in [7, 11) is 0. The van der Waals surface area contributed by atoms with Gasteiger partial charge in [0.05, 0.1) is 12.1 Å². The van der Waals surface area contributed by atoms with Crippen molar-refractivity contribution in [3.8, 4) is 0 Å². The molecule has 2 atom stereocenters. The van der Waals surface area contributed by atoms with E-state index in [4.69, 9.17) is 0 Å². The Hall–Kier alpha value is -2.59. The van der Waals surface area contributed by atoms with Crippen LogP contribution < -0.4 is 45.9 Å². The molecule has 3 amide bonds. The third-order valence-electron chi connectivity index (χ3n) is 6.68. The van der Waals surface area contributed by atoms with Crippen LogP contribution in [-0.4, -0.2) is 83.1 Å². The third kappa shape index (κ3) is 4.70. The molecule has 0 spiro atoms. The van der Waals surface area contributed by atoms with Gasteiger partial charge in [-0.1, -0.05) is 11.8 Å². The minimum Gasteiger partial charge on any atom is -1.00 e. The van der Waals surface area contributed by atoms with E-state index < -0.39 is 34.9 Å². The number of carboxylic acids is 1. The van der Waals surface area contributed by atoms with Crippen LogP contribution in [-0.2, 0) is 19.2 Å². The predicted octanol–water partition coefficient (Wildman–Crippen LogP) is -3.18. The molecule has 6 rings (SSSR count). The number of H-pyrrole nitrogens is 2. The van der Waals surface area contributed by atoms with Crippen LogP contribution in [0.15, 0.2) is 38.6 Å². The average Bonchev–Trinajstić information content (AvgIpc) is 3.44. The molecule has 194 valence electrons. The van der Waals surface area contributed by atoms with E-state index in [1.54, 1.807) is 0 Å². The fourth-order valence-corrected chi connectivity index (χ4v) is 7.10. The van der Waals surface area contributed by atoms with Crippen LogP contribution in [0.25, 0.3) is 11.2 Å². The molecule has 3 fully saturated rings. The number of β-lactam (4-membered cyclic amide) rings is 1. The number of hydrogen-bond donors (Lipinski definition) is 5. The number of aromatic amines is 2. The average molecular weight is 568 g/mol. The van der Waals surface area contributed by atoms with Gasteiger partial charge in [0.2, 0.25) is 11.8 Å². The molecule has 5 heterocycles. The number of thioether (sulfide) groups is 2. The predicted molar refractivity (Wildman–Crippen MR) is 133 cm³/mol. The number of nitrogens with one attached hydrogen (secondary N) is 4. The van der Waals surface area contributed by atoms with Crippen LogP contribution in [0.4, 0.5) is 0 Å². The Morgan fingerprint density at radius 1 is 1.29 bits per heavy atom. The maximum Gasteiger partial charge on any atom is 1.00 e. The Morgan fingerprint density at radius 3 is 2.76 bits per heavy atom. The number of hydrogen-bond acceptors (Lipinski definition) is 9. The van der Waals surface area contributed by atoms with Gasteiger partial charge >= 0.3 is 41.2 Å². The van der Waals surface area contributed by atoms with Gasteiger partial charge in [0.25, 0.3) is 5.91 Å². The van der Waals surface area contributed by atoms with Crippen LogP contribution in [0.5, 0.6) is 0 Å². The summed E-state index contributed by atoms with van der Waals surface area (Å²) in [5, 5.41) is 15.3. The molecule has 16 heteroatoms. The summed E-state index contributed by atoms with van der Waals surface area (Å²) in [5.74, 6) is -2.01. The fourth-order valence-electron chi connectivity index (χ4n) is 4.93. The van der Waals surface area contributed by atoms with Crippen molar-refractivity contribution < 1.29 is 55.3 Å². The van der Waals surface area contributed by atoms with E-state index in [1.807, 2.05) is 0 Å². The number of allylic oxidation sites excluding steroid dienone is 1. The summed E-state index contributed by atoms with van der Waals surface area (Å²) in [6.45, 7) is 0.517. The second kappa shape index (κ2) is 10.5. The molecule has 0 radical (unpaired) electrons. The number of imidazole rings is 1. The fraction of sp³-hybridized carbons (Fsp3) is 0.409. The molecule has 3 aliphatic heterocycles. The normalized spacial score (nSPS) is 23.9. The van der Waals surface area contributed by atoms with Crippen molar-refractivity contribution in [2.75, 3.05) is 18.1 Å². The minimum absolute atomic E-state index is 0. The Bertz CT molecular complexity index is 1500. The summed E-state index contributed by atoms with van der Waals surface area (Å²) in [4.78, 5) is 76.6. The second-order valence-corrected chi connectivity index (χ2v) is 11.1. The molecule has 13 nitrogen and oxygen atoms in total. The van der Waals surface area contributed by atoms with Crippen LogP contribution in [0, 0.1) is 5.92 Å². The van der Waals surface area contributed by atoms with Gasteiger partial charge in [-0.3, -0.25) is 24.3 Å². The van der Waals surface area contributed by atoms with Crippen LogP contribution >= 0.6 is 23.5 Å². The maximum atomic E-state index is 13.1.